The third-order valence-electron chi connectivity index (χ3n) is 4.47. The molecule has 4 nitrogen and oxygen atoms in total. The van der Waals surface area contributed by atoms with Crippen molar-refractivity contribution in [3.63, 3.8) is 0 Å². The van der Waals surface area contributed by atoms with Crippen LogP contribution in [0.25, 0.3) is 5.82 Å². The Labute approximate surface area is 126 Å². The Kier molecular flexibility index (Phi) is 4.23. The fourth-order valence-corrected chi connectivity index (χ4v) is 3.33. The molecule has 2 heterocycles. The highest BCUT2D eigenvalue weighted by Gasteiger charge is 2.19. The number of nitrogens with zero attached hydrogens (tertiary/aromatic N) is 3. The van der Waals surface area contributed by atoms with E-state index < -0.39 is 0 Å². The molecule has 2 unspecified atom stereocenters. The van der Waals surface area contributed by atoms with Crippen LogP contribution in [0, 0.1) is 18.8 Å². The molecule has 0 saturated heterocycles. The van der Waals surface area contributed by atoms with E-state index in [1.807, 2.05) is 36.1 Å². The minimum Gasteiger partial charge on any atom is -0.382 e. The van der Waals surface area contributed by atoms with E-state index in [0.29, 0.717) is 0 Å². The molecule has 0 aliphatic heterocycles. The molecule has 1 N–H and O–H groups in total. The van der Waals surface area contributed by atoms with E-state index in [4.69, 9.17) is 0 Å². The molecule has 1 aliphatic rings. The molecule has 3 rings (SSSR count). The van der Waals surface area contributed by atoms with Crippen LogP contribution in [0.4, 0.5) is 5.69 Å². The number of nitrogens with one attached hydrogen (secondary N) is 1. The fraction of sp³-hybridized carbons (Fsp3) is 0.529. The van der Waals surface area contributed by atoms with Crippen LogP contribution in [0.5, 0.6) is 0 Å². The van der Waals surface area contributed by atoms with Crippen molar-refractivity contribution in [2.24, 2.45) is 11.8 Å². The van der Waals surface area contributed by atoms with Crippen LogP contribution in [0.3, 0.4) is 0 Å². The Morgan fingerprint density at radius 1 is 1.29 bits per heavy atom. The Balaban J connectivity index is 1.72. The highest BCUT2D eigenvalue weighted by molar-refractivity contribution is 5.57. The van der Waals surface area contributed by atoms with Crippen molar-refractivity contribution >= 4 is 5.69 Å². The average molecular weight is 284 g/mol. The van der Waals surface area contributed by atoms with Crippen LogP contribution < -0.4 is 5.32 Å². The maximum absolute atomic E-state index is 4.52. The molecule has 4 heteroatoms. The maximum Gasteiger partial charge on any atom is 0.161 e. The molecule has 1 saturated carbocycles. The van der Waals surface area contributed by atoms with Crippen LogP contribution >= 0.6 is 0 Å². The molecule has 0 bridgehead atoms. The van der Waals surface area contributed by atoms with Gasteiger partial charge in [-0.15, -0.1) is 0 Å². The topological polar surface area (TPSA) is 42.7 Å². The quantitative estimate of drug-likeness (QED) is 0.928. The lowest BCUT2D eigenvalue weighted by molar-refractivity contribution is 0.293. The SMILES string of the molecule is Cc1nccn1-c1ncccc1NCC1CCCC(C)C1. The molecule has 0 amide bonds. The summed E-state index contributed by atoms with van der Waals surface area (Å²) in [4.78, 5) is 8.81. The summed E-state index contributed by atoms with van der Waals surface area (Å²) in [5.74, 6) is 3.56. The Bertz CT molecular complexity index is 590. The minimum absolute atomic E-state index is 0.783. The zero-order valence-corrected chi connectivity index (χ0v) is 12.9. The number of aryl methyl sites for hydroxylation is 1. The van der Waals surface area contributed by atoms with Gasteiger partial charge in [-0.3, -0.25) is 4.57 Å². The van der Waals surface area contributed by atoms with Crippen molar-refractivity contribution in [1.29, 1.82) is 0 Å². The number of anilines is 1. The van der Waals surface area contributed by atoms with Crippen LogP contribution in [0.1, 0.15) is 38.4 Å². The van der Waals surface area contributed by atoms with Crippen molar-refractivity contribution in [3.05, 3.63) is 36.5 Å². The summed E-state index contributed by atoms with van der Waals surface area (Å²) in [7, 11) is 0. The first kappa shape index (κ1) is 14.1. The molecular weight excluding hydrogens is 260 g/mol. The number of hydrogen-bond donors (Lipinski definition) is 1. The second-order valence-electron chi connectivity index (χ2n) is 6.24. The highest BCUT2D eigenvalue weighted by atomic mass is 15.1. The molecule has 2 aromatic rings. The van der Waals surface area contributed by atoms with Gasteiger partial charge in [0.05, 0.1) is 5.69 Å². The lowest BCUT2D eigenvalue weighted by Crippen LogP contribution is -2.21. The lowest BCUT2D eigenvalue weighted by Gasteiger charge is -2.27. The third kappa shape index (κ3) is 3.26. The van der Waals surface area contributed by atoms with Gasteiger partial charge in [-0.25, -0.2) is 9.97 Å². The molecule has 2 aromatic heterocycles. The van der Waals surface area contributed by atoms with Crippen LogP contribution in [0.2, 0.25) is 0 Å². The van der Waals surface area contributed by atoms with Crippen molar-refractivity contribution < 1.29 is 0 Å². The summed E-state index contributed by atoms with van der Waals surface area (Å²) in [6, 6.07) is 4.09. The number of rotatable bonds is 4. The fourth-order valence-electron chi connectivity index (χ4n) is 3.33. The zero-order valence-electron chi connectivity index (χ0n) is 12.9. The summed E-state index contributed by atoms with van der Waals surface area (Å²) >= 11 is 0. The van der Waals surface area contributed by atoms with Gasteiger partial charge in [0.1, 0.15) is 5.82 Å². The predicted octanol–water partition coefficient (Wildman–Crippen LogP) is 3.81. The molecule has 21 heavy (non-hydrogen) atoms. The molecule has 1 fully saturated rings. The van der Waals surface area contributed by atoms with E-state index in [9.17, 15) is 0 Å². The van der Waals surface area contributed by atoms with Crippen molar-refractivity contribution in [2.75, 3.05) is 11.9 Å². The van der Waals surface area contributed by atoms with Crippen molar-refractivity contribution in [2.45, 2.75) is 39.5 Å². The molecule has 1 aliphatic carbocycles. The number of pyridine rings is 1. The first-order chi connectivity index (χ1) is 10.2. The molecule has 0 spiro atoms. The van der Waals surface area contributed by atoms with E-state index >= 15 is 0 Å². The summed E-state index contributed by atoms with van der Waals surface area (Å²) in [5.41, 5.74) is 1.09. The van der Waals surface area contributed by atoms with E-state index in [0.717, 1.165) is 35.7 Å². The second kappa shape index (κ2) is 6.29. The first-order valence-electron chi connectivity index (χ1n) is 7.93. The number of imidazole rings is 1. The van der Waals surface area contributed by atoms with Gasteiger partial charge in [0.25, 0.3) is 0 Å². The van der Waals surface area contributed by atoms with E-state index in [2.05, 4.69) is 28.3 Å². The van der Waals surface area contributed by atoms with E-state index in [-0.39, 0.29) is 0 Å². The Morgan fingerprint density at radius 2 is 2.19 bits per heavy atom. The Hall–Kier alpha value is -1.84. The summed E-state index contributed by atoms with van der Waals surface area (Å²) in [5, 5.41) is 3.61. The lowest BCUT2D eigenvalue weighted by atomic mass is 9.82. The van der Waals surface area contributed by atoms with Gasteiger partial charge < -0.3 is 5.32 Å². The number of hydrogen-bond acceptors (Lipinski definition) is 3. The smallest absolute Gasteiger partial charge is 0.161 e. The van der Waals surface area contributed by atoms with Gasteiger partial charge in [-0.1, -0.05) is 19.8 Å². The minimum atomic E-state index is 0.783. The van der Waals surface area contributed by atoms with Gasteiger partial charge in [-0.2, -0.15) is 0 Å². The summed E-state index contributed by atoms with van der Waals surface area (Å²) in [6.07, 6.45) is 11.1. The van der Waals surface area contributed by atoms with Gasteiger partial charge in [-0.05, 0) is 43.7 Å². The largest absolute Gasteiger partial charge is 0.382 e. The molecule has 0 radical (unpaired) electrons. The van der Waals surface area contributed by atoms with Crippen molar-refractivity contribution in [3.8, 4) is 5.82 Å². The third-order valence-corrected chi connectivity index (χ3v) is 4.47. The first-order valence-corrected chi connectivity index (χ1v) is 7.93. The van der Waals surface area contributed by atoms with Gasteiger partial charge in [0.2, 0.25) is 0 Å². The molecule has 0 aromatic carbocycles. The van der Waals surface area contributed by atoms with Crippen molar-refractivity contribution in [1.82, 2.24) is 14.5 Å². The van der Waals surface area contributed by atoms with Crippen LogP contribution in [0.15, 0.2) is 30.7 Å². The van der Waals surface area contributed by atoms with Gasteiger partial charge >= 0.3 is 0 Å². The second-order valence-corrected chi connectivity index (χ2v) is 6.24. The normalized spacial score (nSPS) is 22.2. The maximum atomic E-state index is 4.52. The standard InChI is InChI=1S/C17H24N4/c1-13-5-3-6-15(11-13)12-20-16-7-4-8-19-17(16)21-10-9-18-14(21)2/h4,7-10,13,15,20H,3,5-6,11-12H2,1-2H3. The van der Waals surface area contributed by atoms with Gasteiger partial charge in [0, 0.05) is 25.1 Å². The van der Waals surface area contributed by atoms with E-state index in [1.54, 1.807) is 0 Å². The zero-order chi connectivity index (χ0) is 14.7. The Morgan fingerprint density at radius 3 is 2.95 bits per heavy atom. The summed E-state index contributed by atoms with van der Waals surface area (Å²) in [6.45, 7) is 5.41. The van der Waals surface area contributed by atoms with Crippen LogP contribution in [-0.2, 0) is 0 Å². The highest BCUT2D eigenvalue weighted by Crippen LogP contribution is 2.29. The van der Waals surface area contributed by atoms with E-state index in [1.165, 1.54) is 25.7 Å². The van der Waals surface area contributed by atoms with Gasteiger partial charge in [0.15, 0.2) is 5.82 Å². The molecule has 112 valence electrons. The predicted molar refractivity (Wildman–Crippen MR) is 85.7 cm³/mol. The average Bonchev–Trinajstić information content (AvgIpc) is 2.91. The van der Waals surface area contributed by atoms with Crippen LogP contribution in [-0.4, -0.2) is 21.1 Å². The monoisotopic (exact) mass is 284 g/mol. The summed E-state index contributed by atoms with van der Waals surface area (Å²) < 4.78 is 2.03. The number of aromatic nitrogens is 3. The molecular formula is C17H24N4. The molecule has 2 atom stereocenters.